The molecule has 0 aliphatic heterocycles. The summed E-state index contributed by atoms with van der Waals surface area (Å²) >= 11 is 0. The van der Waals surface area contributed by atoms with Crippen LogP contribution in [0.3, 0.4) is 0 Å². The summed E-state index contributed by atoms with van der Waals surface area (Å²) in [6.45, 7) is 4.62. The number of hydrogen-bond donors (Lipinski definition) is 0. The SMILES string of the molecule is CN(c1ccc(C#N)c(F)c1)C1CCC(C)(C)CC1. The standard InChI is InChI=1S/C16H21FN2/c1-16(2)8-6-13(7-9-16)19(3)14-5-4-12(11-18)15(17)10-14/h4-5,10,13H,6-9H2,1-3H3. The molecule has 1 aromatic rings. The maximum Gasteiger partial charge on any atom is 0.143 e. The molecule has 1 saturated carbocycles. The van der Waals surface area contributed by atoms with Crippen LogP contribution in [0.15, 0.2) is 18.2 Å². The fraction of sp³-hybridized carbons (Fsp3) is 0.562. The maximum absolute atomic E-state index is 13.7. The van der Waals surface area contributed by atoms with Crippen LogP contribution < -0.4 is 4.90 Å². The van der Waals surface area contributed by atoms with Gasteiger partial charge in [0.2, 0.25) is 0 Å². The minimum Gasteiger partial charge on any atom is -0.372 e. The zero-order valence-electron chi connectivity index (χ0n) is 11.9. The second-order valence-electron chi connectivity index (χ2n) is 6.28. The van der Waals surface area contributed by atoms with Gasteiger partial charge in [0.05, 0.1) is 5.56 Å². The van der Waals surface area contributed by atoms with Crippen LogP contribution >= 0.6 is 0 Å². The summed E-state index contributed by atoms with van der Waals surface area (Å²) in [6, 6.07) is 7.20. The smallest absolute Gasteiger partial charge is 0.143 e. The predicted octanol–water partition coefficient (Wildman–Crippen LogP) is 4.10. The summed E-state index contributed by atoms with van der Waals surface area (Å²) in [5.41, 5.74) is 1.41. The molecule has 19 heavy (non-hydrogen) atoms. The Morgan fingerprint density at radius 3 is 2.47 bits per heavy atom. The van der Waals surface area contributed by atoms with Crippen molar-refractivity contribution in [1.82, 2.24) is 0 Å². The highest BCUT2D eigenvalue weighted by atomic mass is 19.1. The molecule has 0 bridgehead atoms. The lowest BCUT2D eigenvalue weighted by molar-refractivity contribution is 0.222. The predicted molar refractivity (Wildman–Crippen MR) is 75.6 cm³/mol. The third-order valence-corrected chi connectivity index (χ3v) is 4.34. The number of nitriles is 1. The molecule has 0 atom stereocenters. The quantitative estimate of drug-likeness (QED) is 0.800. The van der Waals surface area contributed by atoms with Gasteiger partial charge in [0.1, 0.15) is 11.9 Å². The Morgan fingerprint density at radius 2 is 1.95 bits per heavy atom. The van der Waals surface area contributed by atoms with E-state index in [9.17, 15) is 4.39 Å². The molecule has 102 valence electrons. The Bertz CT molecular complexity index is 492. The molecule has 1 aliphatic carbocycles. The van der Waals surface area contributed by atoms with Crippen LogP contribution in [-0.4, -0.2) is 13.1 Å². The highest BCUT2D eigenvalue weighted by molar-refractivity contribution is 5.50. The molecule has 2 rings (SSSR count). The maximum atomic E-state index is 13.7. The van der Waals surface area contributed by atoms with Crippen LogP contribution in [0.2, 0.25) is 0 Å². The first kappa shape index (κ1) is 13.9. The Balaban J connectivity index is 2.10. The molecule has 0 radical (unpaired) electrons. The van der Waals surface area contributed by atoms with Gasteiger partial charge in [-0.1, -0.05) is 13.8 Å². The van der Waals surface area contributed by atoms with E-state index in [-0.39, 0.29) is 5.56 Å². The summed E-state index contributed by atoms with van der Waals surface area (Å²) in [5.74, 6) is -0.428. The van der Waals surface area contributed by atoms with Gasteiger partial charge >= 0.3 is 0 Å². The first-order valence-electron chi connectivity index (χ1n) is 6.85. The number of anilines is 1. The van der Waals surface area contributed by atoms with E-state index in [0.29, 0.717) is 11.5 Å². The van der Waals surface area contributed by atoms with Crippen molar-refractivity contribution in [2.45, 2.75) is 45.6 Å². The third-order valence-electron chi connectivity index (χ3n) is 4.34. The van der Waals surface area contributed by atoms with Gasteiger partial charge < -0.3 is 4.90 Å². The van der Waals surface area contributed by atoms with Crippen molar-refractivity contribution in [1.29, 1.82) is 5.26 Å². The average molecular weight is 260 g/mol. The van der Waals surface area contributed by atoms with Crippen LogP contribution in [0.25, 0.3) is 0 Å². The molecule has 1 fully saturated rings. The lowest BCUT2D eigenvalue weighted by Gasteiger charge is -2.39. The second-order valence-corrected chi connectivity index (χ2v) is 6.28. The first-order valence-corrected chi connectivity index (χ1v) is 6.85. The molecule has 1 aliphatic rings. The number of benzene rings is 1. The van der Waals surface area contributed by atoms with Crippen molar-refractivity contribution in [2.75, 3.05) is 11.9 Å². The largest absolute Gasteiger partial charge is 0.372 e. The number of rotatable bonds is 2. The van der Waals surface area contributed by atoms with Crippen LogP contribution in [0.1, 0.15) is 45.1 Å². The lowest BCUT2D eigenvalue weighted by Crippen LogP contribution is -2.37. The fourth-order valence-corrected chi connectivity index (χ4v) is 2.80. The lowest BCUT2D eigenvalue weighted by atomic mass is 9.75. The Morgan fingerprint density at radius 1 is 1.32 bits per heavy atom. The summed E-state index contributed by atoms with van der Waals surface area (Å²) in [4.78, 5) is 2.15. The van der Waals surface area contributed by atoms with E-state index < -0.39 is 5.82 Å². The average Bonchev–Trinajstić information content (AvgIpc) is 2.38. The minimum atomic E-state index is -0.428. The van der Waals surface area contributed by atoms with Crippen molar-refractivity contribution in [3.8, 4) is 6.07 Å². The van der Waals surface area contributed by atoms with E-state index in [1.807, 2.05) is 19.2 Å². The Kier molecular flexibility index (Phi) is 3.80. The summed E-state index contributed by atoms with van der Waals surface area (Å²) in [7, 11) is 2.02. The van der Waals surface area contributed by atoms with Crippen molar-refractivity contribution >= 4 is 5.69 Å². The zero-order valence-corrected chi connectivity index (χ0v) is 11.9. The van der Waals surface area contributed by atoms with Crippen LogP contribution in [0.4, 0.5) is 10.1 Å². The van der Waals surface area contributed by atoms with Crippen LogP contribution in [-0.2, 0) is 0 Å². The van der Waals surface area contributed by atoms with Gasteiger partial charge in [-0.25, -0.2) is 4.39 Å². The van der Waals surface area contributed by atoms with Crippen LogP contribution in [0, 0.1) is 22.6 Å². The van der Waals surface area contributed by atoms with Gasteiger partial charge in [-0.05, 0) is 49.3 Å². The van der Waals surface area contributed by atoms with E-state index in [4.69, 9.17) is 5.26 Å². The molecule has 0 N–H and O–H groups in total. The molecule has 0 spiro atoms. The van der Waals surface area contributed by atoms with Gasteiger partial charge in [0, 0.05) is 18.8 Å². The number of hydrogen-bond acceptors (Lipinski definition) is 2. The Labute approximate surface area is 114 Å². The summed E-state index contributed by atoms with van der Waals surface area (Å²) < 4.78 is 13.7. The molecule has 3 heteroatoms. The summed E-state index contributed by atoms with van der Waals surface area (Å²) in [5, 5.41) is 8.75. The zero-order chi connectivity index (χ0) is 14.0. The van der Waals surface area contributed by atoms with Crippen molar-refractivity contribution in [3.63, 3.8) is 0 Å². The van der Waals surface area contributed by atoms with Gasteiger partial charge in [-0.2, -0.15) is 5.26 Å². The first-order chi connectivity index (χ1) is 8.93. The molecular weight excluding hydrogens is 239 g/mol. The van der Waals surface area contributed by atoms with Gasteiger partial charge in [0.15, 0.2) is 0 Å². The minimum absolute atomic E-state index is 0.113. The molecule has 2 nitrogen and oxygen atoms in total. The highest BCUT2D eigenvalue weighted by Crippen LogP contribution is 2.37. The molecular formula is C16H21FN2. The normalized spacial score (nSPS) is 18.9. The summed E-state index contributed by atoms with van der Waals surface area (Å²) in [6.07, 6.45) is 4.71. The molecule has 0 amide bonds. The van der Waals surface area contributed by atoms with Gasteiger partial charge in [0.25, 0.3) is 0 Å². The van der Waals surface area contributed by atoms with Gasteiger partial charge in [-0.15, -0.1) is 0 Å². The van der Waals surface area contributed by atoms with E-state index in [1.165, 1.54) is 18.9 Å². The monoisotopic (exact) mass is 260 g/mol. The van der Waals surface area contributed by atoms with E-state index in [2.05, 4.69) is 18.7 Å². The van der Waals surface area contributed by atoms with Crippen LogP contribution in [0.5, 0.6) is 0 Å². The third kappa shape index (κ3) is 3.07. The molecule has 0 saturated heterocycles. The highest BCUT2D eigenvalue weighted by Gasteiger charge is 2.29. The topological polar surface area (TPSA) is 27.0 Å². The van der Waals surface area contributed by atoms with Crippen molar-refractivity contribution in [2.24, 2.45) is 5.41 Å². The van der Waals surface area contributed by atoms with Crippen molar-refractivity contribution in [3.05, 3.63) is 29.6 Å². The number of nitrogens with zero attached hydrogens (tertiary/aromatic N) is 2. The van der Waals surface area contributed by atoms with E-state index in [1.54, 1.807) is 6.07 Å². The number of halogens is 1. The second kappa shape index (κ2) is 5.21. The van der Waals surface area contributed by atoms with E-state index in [0.717, 1.165) is 18.5 Å². The molecule has 0 aromatic heterocycles. The molecule has 1 aromatic carbocycles. The molecule has 0 heterocycles. The van der Waals surface area contributed by atoms with E-state index >= 15 is 0 Å². The Hall–Kier alpha value is -1.56. The van der Waals surface area contributed by atoms with Crippen molar-refractivity contribution < 1.29 is 4.39 Å². The fourth-order valence-electron chi connectivity index (χ4n) is 2.80. The van der Waals surface area contributed by atoms with Gasteiger partial charge in [-0.3, -0.25) is 0 Å². The molecule has 0 unspecified atom stereocenters.